The molecule has 3 aromatic rings. The summed E-state index contributed by atoms with van der Waals surface area (Å²) in [5.41, 5.74) is 1.76. The predicted octanol–water partition coefficient (Wildman–Crippen LogP) is 3.07. The zero-order chi connectivity index (χ0) is 11.8. The first-order valence-corrected chi connectivity index (χ1v) is 5.82. The normalized spacial score (nSPS) is 13.5. The van der Waals surface area contributed by atoms with E-state index >= 15 is 0 Å². The Morgan fingerprint density at radius 3 is 3.12 bits per heavy atom. The minimum Gasteiger partial charge on any atom is -0.464 e. The molecule has 0 aliphatic rings. The van der Waals surface area contributed by atoms with Crippen LogP contribution >= 0.6 is 0 Å². The Balaban J connectivity index is 2.27. The summed E-state index contributed by atoms with van der Waals surface area (Å²) in [6.07, 6.45) is 4.49. The first-order valence-electron chi connectivity index (χ1n) is 5.82. The smallest absolute Gasteiger partial charge is 0.147 e. The minimum atomic E-state index is -0.571. The number of fused-ring (bicyclic) bond motifs is 3. The second-order valence-electron chi connectivity index (χ2n) is 4.19. The van der Waals surface area contributed by atoms with Gasteiger partial charge in [-0.15, -0.1) is 0 Å². The van der Waals surface area contributed by atoms with E-state index < -0.39 is 6.23 Å². The molecule has 4 nitrogen and oxygen atoms in total. The van der Waals surface area contributed by atoms with Crippen LogP contribution in [-0.2, 0) is 0 Å². The van der Waals surface area contributed by atoms with Crippen LogP contribution in [0.2, 0.25) is 0 Å². The maximum atomic E-state index is 10.1. The highest BCUT2D eigenvalue weighted by atomic mass is 16.3. The molecule has 3 rings (SSSR count). The number of aliphatic hydroxyl groups excluding tert-OH is 1. The van der Waals surface area contributed by atoms with Gasteiger partial charge in [0.1, 0.15) is 11.8 Å². The van der Waals surface area contributed by atoms with Crippen molar-refractivity contribution in [3.8, 4) is 0 Å². The van der Waals surface area contributed by atoms with Crippen molar-refractivity contribution >= 4 is 21.9 Å². The molecule has 0 bridgehead atoms. The molecule has 1 atom stereocenters. The molecule has 0 aliphatic heterocycles. The zero-order valence-electron chi connectivity index (χ0n) is 9.63. The summed E-state index contributed by atoms with van der Waals surface area (Å²) in [6, 6.07) is 5.80. The summed E-state index contributed by atoms with van der Waals surface area (Å²) < 4.78 is 7.04. The van der Waals surface area contributed by atoms with Gasteiger partial charge < -0.3 is 9.52 Å². The molecule has 0 spiro atoms. The van der Waals surface area contributed by atoms with Gasteiger partial charge in [0.25, 0.3) is 0 Å². The summed E-state index contributed by atoms with van der Waals surface area (Å²) in [5, 5.41) is 16.4. The third-order valence-electron chi connectivity index (χ3n) is 3.02. The Labute approximate surface area is 98.5 Å². The molecule has 0 saturated heterocycles. The van der Waals surface area contributed by atoms with Gasteiger partial charge in [-0.3, -0.25) is 0 Å². The molecular formula is C13H14N2O2. The summed E-state index contributed by atoms with van der Waals surface area (Å²) in [4.78, 5) is 0. The molecule has 2 heterocycles. The monoisotopic (exact) mass is 230 g/mol. The molecule has 0 aliphatic carbocycles. The molecule has 1 unspecified atom stereocenters. The van der Waals surface area contributed by atoms with Gasteiger partial charge in [0, 0.05) is 10.8 Å². The van der Waals surface area contributed by atoms with E-state index in [0.717, 1.165) is 28.3 Å². The van der Waals surface area contributed by atoms with E-state index in [1.807, 2.05) is 25.1 Å². The van der Waals surface area contributed by atoms with E-state index in [1.165, 1.54) is 0 Å². The van der Waals surface area contributed by atoms with Gasteiger partial charge >= 0.3 is 0 Å². The van der Waals surface area contributed by atoms with Crippen LogP contribution in [0.4, 0.5) is 0 Å². The van der Waals surface area contributed by atoms with E-state index in [2.05, 4.69) is 5.10 Å². The molecule has 0 amide bonds. The summed E-state index contributed by atoms with van der Waals surface area (Å²) in [7, 11) is 0. The molecule has 1 aromatic carbocycles. The number of aromatic nitrogens is 2. The van der Waals surface area contributed by atoms with E-state index in [0.29, 0.717) is 6.42 Å². The van der Waals surface area contributed by atoms with E-state index in [4.69, 9.17) is 4.42 Å². The van der Waals surface area contributed by atoms with Crippen LogP contribution in [0.3, 0.4) is 0 Å². The Bertz CT molecular complexity index is 654. The van der Waals surface area contributed by atoms with Crippen molar-refractivity contribution < 1.29 is 9.52 Å². The summed E-state index contributed by atoms with van der Waals surface area (Å²) in [6.45, 7) is 2.04. The fourth-order valence-corrected chi connectivity index (χ4v) is 2.19. The maximum absolute atomic E-state index is 10.1. The topological polar surface area (TPSA) is 51.2 Å². The van der Waals surface area contributed by atoms with E-state index in [-0.39, 0.29) is 0 Å². The molecule has 17 heavy (non-hydrogen) atoms. The van der Waals surface area contributed by atoms with Gasteiger partial charge in [-0.2, -0.15) is 5.10 Å². The van der Waals surface area contributed by atoms with Crippen LogP contribution in [0.15, 0.2) is 35.1 Å². The second kappa shape index (κ2) is 3.89. The second-order valence-corrected chi connectivity index (χ2v) is 4.19. The largest absolute Gasteiger partial charge is 0.464 e. The average Bonchev–Trinajstić information content (AvgIpc) is 2.94. The van der Waals surface area contributed by atoms with Crippen LogP contribution in [0.25, 0.3) is 21.9 Å². The molecular weight excluding hydrogens is 216 g/mol. The van der Waals surface area contributed by atoms with Crippen LogP contribution in [0.1, 0.15) is 26.0 Å². The Kier molecular flexibility index (Phi) is 2.37. The lowest BCUT2D eigenvalue weighted by atomic mass is 10.2. The SMILES string of the molecule is CCCC(O)n1ncc2ccc3occc3c21. The van der Waals surface area contributed by atoms with E-state index in [9.17, 15) is 5.11 Å². The lowest BCUT2D eigenvalue weighted by Gasteiger charge is -2.11. The van der Waals surface area contributed by atoms with Crippen molar-refractivity contribution in [2.45, 2.75) is 26.0 Å². The van der Waals surface area contributed by atoms with Crippen molar-refractivity contribution in [2.24, 2.45) is 0 Å². The van der Waals surface area contributed by atoms with Crippen molar-refractivity contribution in [3.63, 3.8) is 0 Å². The molecule has 1 N–H and O–H groups in total. The summed E-state index contributed by atoms with van der Waals surface area (Å²) >= 11 is 0. The standard InChI is InChI=1S/C13H14N2O2/c1-2-3-12(16)15-13-9(8-14-15)4-5-11-10(13)6-7-17-11/h4-8,12,16H,2-3H2,1H3. The third-order valence-corrected chi connectivity index (χ3v) is 3.02. The highest BCUT2D eigenvalue weighted by molar-refractivity contribution is 6.03. The molecule has 4 heteroatoms. The highest BCUT2D eigenvalue weighted by Gasteiger charge is 2.13. The van der Waals surface area contributed by atoms with Gasteiger partial charge in [0.05, 0.1) is 18.0 Å². The number of aliphatic hydroxyl groups is 1. The first-order chi connectivity index (χ1) is 8.31. The van der Waals surface area contributed by atoms with Crippen LogP contribution in [-0.4, -0.2) is 14.9 Å². The fraction of sp³-hybridized carbons (Fsp3) is 0.308. The highest BCUT2D eigenvalue weighted by Crippen LogP contribution is 2.28. The number of nitrogens with zero attached hydrogens (tertiary/aromatic N) is 2. The quantitative estimate of drug-likeness (QED) is 0.752. The van der Waals surface area contributed by atoms with Gasteiger partial charge in [-0.05, 0) is 24.6 Å². The van der Waals surface area contributed by atoms with Crippen molar-refractivity contribution in [1.82, 2.24) is 9.78 Å². The van der Waals surface area contributed by atoms with Gasteiger partial charge in [-0.25, -0.2) is 4.68 Å². The maximum Gasteiger partial charge on any atom is 0.147 e. The zero-order valence-corrected chi connectivity index (χ0v) is 9.63. The molecule has 2 aromatic heterocycles. The molecule has 0 fully saturated rings. The Morgan fingerprint density at radius 2 is 2.29 bits per heavy atom. The van der Waals surface area contributed by atoms with Crippen LogP contribution < -0.4 is 0 Å². The van der Waals surface area contributed by atoms with Crippen molar-refractivity contribution in [1.29, 1.82) is 0 Å². The molecule has 88 valence electrons. The Hall–Kier alpha value is -1.81. The van der Waals surface area contributed by atoms with Crippen molar-refractivity contribution in [3.05, 3.63) is 30.7 Å². The average molecular weight is 230 g/mol. The van der Waals surface area contributed by atoms with Gasteiger partial charge in [0.2, 0.25) is 0 Å². The predicted molar refractivity (Wildman–Crippen MR) is 65.7 cm³/mol. The summed E-state index contributed by atoms with van der Waals surface area (Å²) in [5.74, 6) is 0. The number of hydrogen-bond donors (Lipinski definition) is 1. The number of benzene rings is 1. The lowest BCUT2D eigenvalue weighted by Crippen LogP contribution is -2.09. The fourth-order valence-electron chi connectivity index (χ4n) is 2.19. The Morgan fingerprint density at radius 1 is 1.41 bits per heavy atom. The van der Waals surface area contributed by atoms with Crippen molar-refractivity contribution in [2.75, 3.05) is 0 Å². The number of rotatable bonds is 3. The van der Waals surface area contributed by atoms with E-state index in [1.54, 1.807) is 17.1 Å². The number of hydrogen-bond acceptors (Lipinski definition) is 3. The van der Waals surface area contributed by atoms with Crippen LogP contribution in [0.5, 0.6) is 0 Å². The van der Waals surface area contributed by atoms with Crippen LogP contribution in [0, 0.1) is 0 Å². The third kappa shape index (κ3) is 1.52. The lowest BCUT2D eigenvalue weighted by molar-refractivity contribution is 0.0856. The molecule has 0 radical (unpaired) electrons. The van der Waals surface area contributed by atoms with Gasteiger partial charge in [0.15, 0.2) is 0 Å². The molecule has 0 saturated carbocycles. The minimum absolute atomic E-state index is 0.571. The number of furan rings is 1. The first kappa shape index (κ1) is 10.4. The van der Waals surface area contributed by atoms with Gasteiger partial charge in [-0.1, -0.05) is 13.3 Å².